The van der Waals surface area contributed by atoms with Crippen LogP contribution in [-0.2, 0) is 18.2 Å². The number of hydrogen-bond acceptors (Lipinski definition) is 3. The van der Waals surface area contributed by atoms with Gasteiger partial charge in [0.15, 0.2) is 0 Å². The number of aryl methyl sites for hydroxylation is 2. The minimum atomic E-state index is -0.406. The van der Waals surface area contributed by atoms with Gasteiger partial charge in [-0.05, 0) is 12.8 Å². The molecule has 0 aromatic carbocycles. The maximum atomic E-state index is 9.84. The van der Waals surface area contributed by atoms with Crippen LogP contribution in [0.15, 0.2) is 12.4 Å². The minimum Gasteiger partial charge on any atom is -0.390 e. The monoisotopic (exact) mass is 212 g/mol. The van der Waals surface area contributed by atoms with Gasteiger partial charge in [-0.15, -0.1) is 0 Å². The highest BCUT2D eigenvalue weighted by Crippen LogP contribution is 2.10. The zero-order valence-corrected chi connectivity index (χ0v) is 9.68. The first-order valence-electron chi connectivity index (χ1n) is 5.36. The summed E-state index contributed by atoms with van der Waals surface area (Å²) < 4.78 is 7.16. The summed E-state index contributed by atoms with van der Waals surface area (Å²) in [5, 5.41) is 9.84. The van der Waals surface area contributed by atoms with Crippen molar-refractivity contribution in [3.05, 3.63) is 18.2 Å². The zero-order chi connectivity index (χ0) is 11.3. The fourth-order valence-corrected chi connectivity index (χ4v) is 1.70. The fraction of sp³-hybridized carbons (Fsp3) is 0.727. The second-order valence-electron chi connectivity index (χ2n) is 3.74. The van der Waals surface area contributed by atoms with E-state index in [0.717, 1.165) is 18.7 Å². The number of nitrogens with zero attached hydrogens (tertiary/aromatic N) is 2. The Hall–Kier alpha value is -0.870. The van der Waals surface area contributed by atoms with Crippen LogP contribution in [-0.4, -0.2) is 34.0 Å². The van der Waals surface area contributed by atoms with Gasteiger partial charge < -0.3 is 14.4 Å². The van der Waals surface area contributed by atoms with Crippen LogP contribution >= 0.6 is 0 Å². The Morgan fingerprint density at radius 1 is 1.60 bits per heavy atom. The van der Waals surface area contributed by atoms with Crippen molar-refractivity contribution < 1.29 is 9.84 Å². The van der Waals surface area contributed by atoms with E-state index in [0.29, 0.717) is 6.42 Å². The van der Waals surface area contributed by atoms with Gasteiger partial charge in [0.2, 0.25) is 0 Å². The average Bonchev–Trinajstić information content (AvgIpc) is 2.63. The predicted molar refractivity (Wildman–Crippen MR) is 58.6 cm³/mol. The van der Waals surface area contributed by atoms with E-state index in [1.165, 1.54) is 0 Å². The van der Waals surface area contributed by atoms with E-state index < -0.39 is 6.10 Å². The lowest BCUT2D eigenvalue weighted by Gasteiger charge is -2.19. The summed E-state index contributed by atoms with van der Waals surface area (Å²) in [6.07, 6.45) is 5.52. The first kappa shape index (κ1) is 12.2. The van der Waals surface area contributed by atoms with E-state index in [2.05, 4.69) is 4.98 Å². The van der Waals surface area contributed by atoms with Gasteiger partial charge in [-0.1, -0.05) is 6.92 Å². The van der Waals surface area contributed by atoms with E-state index in [9.17, 15) is 5.11 Å². The Kier molecular flexibility index (Phi) is 4.78. The molecule has 2 unspecified atom stereocenters. The molecular weight excluding hydrogens is 192 g/mol. The predicted octanol–water partition coefficient (Wildman–Crippen LogP) is 1.14. The molecule has 4 heteroatoms. The van der Waals surface area contributed by atoms with Crippen LogP contribution in [0.5, 0.6) is 0 Å². The SMILES string of the molecule is CCC(OC)C(O)CCc1nccn1C. The van der Waals surface area contributed by atoms with Crippen LogP contribution in [0, 0.1) is 0 Å². The maximum absolute atomic E-state index is 9.84. The Morgan fingerprint density at radius 2 is 2.33 bits per heavy atom. The molecule has 1 heterocycles. The van der Waals surface area contributed by atoms with E-state index in [-0.39, 0.29) is 6.10 Å². The smallest absolute Gasteiger partial charge is 0.108 e. The molecule has 0 bridgehead atoms. The summed E-state index contributed by atoms with van der Waals surface area (Å²) >= 11 is 0. The lowest BCUT2D eigenvalue weighted by atomic mass is 10.1. The molecule has 0 saturated heterocycles. The second-order valence-corrected chi connectivity index (χ2v) is 3.74. The molecule has 0 aliphatic carbocycles. The van der Waals surface area contributed by atoms with E-state index in [4.69, 9.17) is 4.74 Å². The van der Waals surface area contributed by atoms with Gasteiger partial charge in [0.25, 0.3) is 0 Å². The summed E-state index contributed by atoms with van der Waals surface area (Å²) in [7, 11) is 3.60. The average molecular weight is 212 g/mol. The van der Waals surface area contributed by atoms with Crippen molar-refractivity contribution in [3.63, 3.8) is 0 Å². The zero-order valence-electron chi connectivity index (χ0n) is 9.68. The van der Waals surface area contributed by atoms with Gasteiger partial charge in [0.1, 0.15) is 5.82 Å². The van der Waals surface area contributed by atoms with Gasteiger partial charge in [-0.25, -0.2) is 4.98 Å². The molecule has 1 N–H and O–H groups in total. The van der Waals surface area contributed by atoms with Crippen LogP contribution < -0.4 is 0 Å². The van der Waals surface area contributed by atoms with Crippen molar-refractivity contribution >= 4 is 0 Å². The Morgan fingerprint density at radius 3 is 2.80 bits per heavy atom. The number of rotatable bonds is 6. The molecule has 86 valence electrons. The summed E-state index contributed by atoms with van der Waals surface area (Å²) in [5.74, 6) is 1.00. The van der Waals surface area contributed by atoms with Gasteiger partial charge in [0.05, 0.1) is 12.2 Å². The quantitative estimate of drug-likeness (QED) is 0.769. The third kappa shape index (κ3) is 3.32. The molecule has 0 aliphatic rings. The molecule has 0 saturated carbocycles. The Bertz CT molecular complexity index is 282. The fourth-order valence-electron chi connectivity index (χ4n) is 1.70. The lowest BCUT2D eigenvalue weighted by molar-refractivity contribution is -0.0172. The molecule has 1 aromatic rings. The highest BCUT2D eigenvalue weighted by atomic mass is 16.5. The molecule has 0 radical (unpaired) electrons. The first-order valence-corrected chi connectivity index (χ1v) is 5.36. The minimum absolute atomic E-state index is 0.0646. The van der Waals surface area contributed by atoms with E-state index >= 15 is 0 Å². The van der Waals surface area contributed by atoms with E-state index in [1.807, 2.05) is 24.7 Å². The summed E-state index contributed by atoms with van der Waals surface area (Å²) in [5.41, 5.74) is 0. The summed E-state index contributed by atoms with van der Waals surface area (Å²) in [6, 6.07) is 0. The molecule has 0 amide bonds. The highest BCUT2D eigenvalue weighted by Gasteiger charge is 2.16. The molecule has 0 aliphatic heterocycles. The third-order valence-electron chi connectivity index (χ3n) is 2.72. The van der Waals surface area contributed by atoms with Crippen LogP contribution in [0.25, 0.3) is 0 Å². The molecule has 0 spiro atoms. The van der Waals surface area contributed by atoms with Crippen LogP contribution in [0.2, 0.25) is 0 Å². The van der Waals surface area contributed by atoms with Crippen LogP contribution in [0.1, 0.15) is 25.6 Å². The number of hydrogen-bond donors (Lipinski definition) is 1. The van der Waals surface area contributed by atoms with Gasteiger partial charge in [-0.2, -0.15) is 0 Å². The molecule has 4 nitrogen and oxygen atoms in total. The molecule has 1 rings (SSSR count). The molecule has 0 fully saturated rings. The topological polar surface area (TPSA) is 47.3 Å². The highest BCUT2D eigenvalue weighted by molar-refractivity contribution is 4.91. The first-order chi connectivity index (χ1) is 7.19. The molecular formula is C11H20N2O2. The normalized spacial score (nSPS) is 15.2. The van der Waals surface area contributed by atoms with Crippen LogP contribution in [0.4, 0.5) is 0 Å². The molecule has 2 atom stereocenters. The van der Waals surface area contributed by atoms with Crippen molar-refractivity contribution in [1.29, 1.82) is 0 Å². The number of methoxy groups -OCH3 is 1. The maximum Gasteiger partial charge on any atom is 0.108 e. The van der Waals surface area contributed by atoms with Crippen molar-refractivity contribution in [1.82, 2.24) is 9.55 Å². The lowest BCUT2D eigenvalue weighted by Crippen LogP contribution is -2.28. The number of aromatic nitrogens is 2. The van der Waals surface area contributed by atoms with Crippen molar-refractivity contribution in [2.45, 2.75) is 38.4 Å². The Balaban J connectivity index is 2.40. The molecule has 1 aromatic heterocycles. The standard InChI is InChI=1S/C11H20N2O2/c1-4-10(15-3)9(14)5-6-11-12-7-8-13(11)2/h7-10,14H,4-6H2,1-3H3. The number of aliphatic hydroxyl groups is 1. The largest absolute Gasteiger partial charge is 0.390 e. The summed E-state index contributed by atoms with van der Waals surface area (Å²) in [6.45, 7) is 2.01. The number of ether oxygens (including phenoxy) is 1. The third-order valence-corrected chi connectivity index (χ3v) is 2.72. The number of imidazole rings is 1. The van der Waals surface area contributed by atoms with Gasteiger partial charge in [-0.3, -0.25) is 0 Å². The van der Waals surface area contributed by atoms with Crippen molar-refractivity contribution in [2.75, 3.05) is 7.11 Å². The van der Waals surface area contributed by atoms with E-state index in [1.54, 1.807) is 13.3 Å². The Labute approximate surface area is 90.9 Å². The summed E-state index contributed by atoms with van der Waals surface area (Å²) in [4.78, 5) is 4.21. The van der Waals surface area contributed by atoms with Crippen molar-refractivity contribution in [2.24, 2.45) is 7.05 Å². The molecule has 15 heavy (non-hydrogen) atoms. The van der Waals surface area contributed by atoms with Gasteiger partial charge in [0, 0.05) is 33.0 Å². The van der Waals surface area contributed by atoms with Crippen molar-refractivity contribution in [3.8, 4) is 0 Å². The van der Waals surface area contributed by atoms with Gasteiger partial charge >= 0.3 is 0 Å². The number of aliphatic hydroxyl groups excluding tert-OH is 1. The van der Waals surface area contributed by atoms with Crippen LogP contribution in [0.3, 0.4) is 0 Å². The second kappa shape index (κ2) is 5.88.